The number of hydrogen-bond donors (Lipinski definition) is 1. The molecule has 2 N–H and O–H groups in total. The Morgan fingerprint density at radius 2 is 2.31 bits per heavy atom. The van der Waals surface area contributed by atoms with E-state index in [-0.39, 0.29) is 17.8 Å². The van der Waals surface area contributed by atoms with Gasteiger partial charge in [0.25, 0.3) is 0 Å². The minimum Gasteiger partial charge on any atom is -0.464 e. The lowest BCUT2D eigenvalue weighted by Crippen LogP contribution is -2.35. The van der Waals surface area contributed by atoms with Gasteiger partial charge >= 0.3 is 5.97 Å². The lowest BCUT2D eigenvalue weighted by atomic mass is 9.91. The highest BCUT2D eigenvalue weighted by Gasteiger charge is 2.25. The molecule has 0 bridgehead atoms. The standard InChI is InChI=1S/C10H16N4O2/c1-16-10(15)8-6-14(13-12-8)9-5-3-2-4-7(9)11/h6-7,9H,2-5,11H2,1H3/t7-,9+/m0/s1. The van der Waals surface area contributed by atoms with Gasteiger partial charge in [0.15, 0.2) is 5.69 Å². The van der Waals surface area contributed by atoms with Gasteiger partial charge in [0.1, 0.15) is 0 Å². The zero-order valence-corrected chi connectivity index (χ0v) is 9.30. The largest absolute Gasteiger partial charge is 0.464 e. The van der Waals surface area contributed by atoms with Gasteiger partial charge in [-0.2, -0.15) is 0 Å². The molecule has 2 rings (SSSR count). The van der Waals surface area contributed by atoms with Crippen LogP contribution in [-0.4, -0.2) is 34.1 Å². The Balaban J connectivity index is 2.14. The highest BCUT2D eigenvalue weighted by atomic mass is 16.5. The molecular formula is C10H16N4O2. The van der Waals surface area contributed by atoms with E-state index >= 15 is 0 Å². The highest BCUT2D eigenvalue weighted by molar-refractivity contribution is 5.86. The quantitative estimate of drug-likeness (QED) is 0.740. The summed E-state index contributed by atoms with van der Waals surface area (Å²) in [4.78, 5) is 11.2. The van der Waals surface area contributed by atoms with Crippen molar-refractivity contribution in [2.24, 2.45) is 5.73 Å². The molecule has 16 heavy (non-hydrogen) atoms. The summed E-state index contributed by atoms with van der Waals surface area (Å²) < 4.78 is 6.27. The van der Waals surface area contributed by atoms with Gasteiger partial charge in [-0.1, -0.05) is 18.1 Å². The Morgan fingerprint density at radius 1 is 1.56 bits per heavy atom. The van der Waals surface area contributed by atoms with E-state index < -0.39 is 5.97 Å². The minimum atomic E-state index is -0.462. The summed E-state index contributed by atoms with van der Waals surface area (Å²) >= 11 is 0. The topological polar surface area (TPSA) is 83.0 Å². The third-order valence-electron chi connectivity index (χ3n) is 3.03. The molecular weight excluding hydrogens is 208 g/mol. The van der Waals surface area contributed by atoms with E-state index in [4.69, 9.17) is 5.73 Å². The number of methoxy groups -OCH3 is 1. The van der Waals surface area contributed by atoms with Gasteiger partial charge in [-0.05, 0) is 12.8 Å². The smallest absolute Gasteiger partial charge is 0.360 e. The first-order chi connectivity index (χ1) is 7.72. The van der Waals surface area contributed by atoms with Gasteiger partial charge in [0.2, 0.25) is 0 Å². The number of nitrogens with zero attached hydrogens (tertiary/aromatic N) is 3. The average molecular weight is 224 g/mol. The SMILES string of the molecule is COC(=O)c1cn([C@@H]2CCCC[C@@H]2N)nn1. The lowest BCUT2D eigenvalue weighted by molar-refractivity contribution is 0.0594. The zero-order chi connectivity index (χ0) is 11.5. The van der Waals surface area contributed by atoms with Crippen LogP contribution in [0.1, 0.15) is 42.2 Å². The molecule has 2 atom stereocenters. The molecule has 1 aliphatic rings. The Morgan fingerprint density at radius 3 is 3.00 bits per heavy atom. The van der Waals surface area contributed by atoms with Crippen LogP contribution >= 0.6 is 0 Å². The second-order valence-electron chi connectivity index (χ2n) is 4.09. The van der Waals surface area contributed by atoms with Crippen molar-refractivity contribution in [3.8, 4) is 0 Å². The molecule has 0 radical (unpaired) electrons. The van der Waals surface area contributed by atoms with Crippen molar-refractivity contribution in [2.75, 3.05) is 7.11 Å². The Kier molecular flexibility index (Phi) is 3.19. The molecule has 1 aromatic heterocycles. The lowest BCUT2D eigenvalue weighted by Gasteiger charge is -2.28. The molecule has 1 fully saturated rings. The summed E-state index contributed by atoms with van der Waals surface area (Å²) in [7, 11) is 1.33. The zero-order valence-electron chi connectivity index (χ0n) is 9.30. The number of carbonyl (C=O) groups is 1. The van der Waals surface area contributed by atoms with Crippen molar-refractivity contribution >= 4 is 5.97 Å². The van der Waals surface area contributed by atoms with E-state index in [1.165, 1.54) is 7.11 Å². The van der Waals surface area contributed by atoms with Crippen molar-refractivity contribution in [1.29, 1.82) is 0 Å². The number of rotatable bonds is 2. The summed E-state index contributed by atoms with van der Waals surface area (Å²) in [6.45, 7) is 0. The highest BCUT2D eigenvalue weighted by Crippen LogP contribution is 2.26. The molecule has 0 spiro atoms. The summed E-state index contributed by atoms with van der Waals surface area (Å²) in [6.07, 6.45) is 5.91. The summed E-state index contributed by atoms with van der Waals surface area (Å²) in [6, 6.07) is 0.251. The van der Waals surface area contributed by atoms with Crippen LogP contribution in [0.25, 0.3) is 0 Å². The predicted octanol–water partition coefficient (Wildman–Crippen LogP) is 0.507. The van der Waals surface area contributed by atoms with Crippen LogP contribution in [0.5, 0.6) is 0 Å². The Labute approximate surface area is 93.8 Å². The first-order valence-electron chi connectivity index (χ1n) is 5.48. The molecule has 1 aliphatic carbocycles. The molecule has 1 aromatic rings. The van der Waals surface area contributed by atoms with Gasteiger partial charge in [0, 0.05) is 6.04 Å². The van der Waals surface area contributed by atoms with Gasteiger partial charge in [0.05, 0.1) is 19.3 Å². The first kappa shape index (κ1) is 11.1. The van der Waals surface area contributed by atoms with Crippen molar-refractivity contribution in [1.82, 2.24) is 15.0 Å². The Bertz CT molecular complexity index is 377. The van der Waals surface area contributed by atoms with Crippen LogP contribution in [0.2, 0.25) is 0 Å². The molecule has 0 aliphatic heterocycles. The first-order valence-corrected chi connectivity index (χ1v) is 5.48. The van der Waals surface area contributed by atoms with Crippen LogP contribution in [-0.2, 0) is 4.74 Å². The van der Waals surface area contributed by atoms with E-state index in [2.05, 4.69) is 15.0 Å². The second kappa shape index (κ2) is 4.61. The molecule has 0 amide bonds. The fraction of sp³-hybridized carbons (Fsp3) is 0.700. The number of aromatic nitrogens is 3. The molecule has 0 saturated heterocycles. The normalized spacial score (nSPS) is 25.4. The third-order valence-corrected chi connectivity index (χ3v) is 3.03. The number of hydrogen-bond acceptors (Lipinski definition) is 5. The van der Waals surface area contributed by atoms with Gasteiger partial charge in [-0.15, -0.1) is 5.10 Å². The summed E-state index contributed by atoms with van der Waals surface area (Å²) in [5.41, 5.74) is 6.26. The van der Waals surface area contributed by atoms with E-state index in [9.17, 15) is 4.79 Å². The number of carbonyl (C=O) groups excluding carboxylic acids is 1. The molecule has 88 valence electrons. The molecule has 0 unspecified atom stereocenters. The maximum atomic E-state index is 11.2. The van der Waals surface area contributed by atoms with Crippen LogP contribution in [0.3, 0.4) is 0 Å². The molecule has 6 nitrogen and oxygen atoms in total. The summed E-state index contributed by atoms with van der Waals surface area (Å²) in [5, 5.41) is 7.72. The number of ether oxygens (including phenoxy) is 1. The van der Waals surface area contributed by atoms with Crippen molar-refractivity contribution in [3.05, 3.63) is 11.9 Å². The third kappa shape index (κ3) is 2.06. The minimum absolute atomic E-state index is 0.0981. The van der Waals surface area contributed by atoms with Crippen LogP contribution in [0.4, 0.5) is 0 Å². The van der Waals surface area contributed by atoms with E-state index in [0.717, 1.165) is 25.7 Å². The Hall–Kier alpha value is -1.43. The molecule has 1 heterocycles. The maximum Gasteiger partial charge on any atom is 0.360 e. The fourth-order valence-corrected chi connectivity index (χ4v) is 2.11. The number of esters is 1. The van der Waals surface area contributed by atoms with Gasteiger partial charge in [-0.25, -0.2) is 9.48 Å². The van der Waals surface area contributed by atoms with Gasteiger partial charge < -0.3 is 10.5 Å². The van der Waals surface area contributed by atoms with Crippen molar-refractivity contribution in [2.45, 2.75) is 37.8 Å². The van der Waals surface area contributed by atoms with Crippen LogP contribution in [0.15, 0.2) is 6.20 Å². The number of nitrogens with two attached hydrogens (primary N) is 1. The van der Waals surface area contributed by atoms with Crippen molar-refractivity contribution < 1.29 is 9.53 Å². The molecule has 6 heteroatoms. The van der Waals surface area contributed by atoms with Gasteiger partial charge in [-0.3, -0.25) is 0 Å². The van der Waals surface area contributed by atoms with Crippen molar-refractivity contribution in [3.63, 3.8) is 0 Å². The van der Waals surface area contributed by atoms with Crippen LogP contribution in [0, 0.1) is 0 Å². The fourth-order valence-electron chi connectivity index (χ4n) is 2.11. The van der Waals surface area contributed by atoms with Crippen LogP contribution < -0.4 is 5.73 Å². The van der Waals surface area contributed by atoms with E-state index in [1.807, 2.05) is 0 Å². The monoisotopic (exact) mass is 224 g/mol. The summed E-state index contributed by atoms with van der Waals surface area (Å²) in [5.74, 6) is -0.462. The molecule has 0 aromatic carbocycles. The molecule has 1 saturated carbocycles. The van der Waals surface area contributed by atoms with E-state index in [1.54, 1.807) is 10.9 Å². The van der Waals surface area contributed by atoms with E-state index in [0.29, 0.717) is 0 Å². The predicted molar refractivity (Wildman–Crippen MR) is 56.8 cm³/mol. The second-order valence-corrected chi connectivity index (χ2v) is 4.09. The maximum absolute atomic E-state index is 11.2. The average Bonchev–Trinajstić information content (AvgIpc) is 2.78.